The second-order valence-electron chi connectivity index (χ2n) is 2.98. The van der Waals surface area contributed by atoms with Crippen LogP contribution in [0.5, 0.6) is 11.5 Å². The minimum Gasteiger partial charge on any atom is -0.497 e. The molecule has 0 aromatic heterocycles. The Morgan fingerprint density at radius 1 is 1.19 bits per heavy atom. The quantitative estimate of drug-likeness (QED) is 0.861. The van der Waals surface area contributed by atoms with E-state index in [2.05, 4.69) is 0 Å². The number of aliphatic carboxylic acids is 1. The second-order valence-corrected chi connectivity index (χ2v) is 2.98. The summed E-state index contributed by atoms with van der Waals surface area (Å²) in [6, 6.07) is 3.29. The molecule has 0 aliphatic heterocycles. The summed E-state index contributed by atoms with van der Waals surface area (Å²) in [6.45, 7) is 0. The minimum atomic E-state index is -3.97. The summed E-state index contributed by atoms with van der Waals surface area (Å²) in [4.78, 5) is 10.4. The van der Waals surface area contributed by atoms with Crippen molar-refractivity contribution < 1.29 is 28.2 Å². The lowest BCUT2D eigenvalue weighted by molar-refractivity contribution is -0.166. The molecule has 1 rings (SSSR count). The first-order valence-electron chi connectivity index (χ1n) is 4.26. The molecule has 1 aromatic rings. The van der Waals surface area contributed by atoms with Gasteiger partial charge in [-0.3, -0.25) is 0 Å². The van der Waals surface area contributed by atoms with E-state index in [4.69, 9.17) is 14.6 Å². The van der Waals surface area contributed by atoms with Crippen LogP contribution in [0.3, 0.4) is 0 Å². The van der Waals surface area contributed by atoms with E-state index in [0.717, 1.165) is 12.1 Å². The summed E-state index contributed by atoms with van der Waals surface area (Å²) in [5.74, 6) is -5.98. The molecule has 0 heterocycles. The summed E-state index contributed by atoms with van der Waals surface area (Å²) >= 11 is 0. The van der Waals surface area contributed by atoms with Crippen molar-refractivity contribution in [1.82, 2.24) is 0 Å². The highest BCUT2D eigenvalue weighted by Crippen LogP contribution is 2.33. The molecule has 0 radical (unpaired) electrons. The highest BCUT2D eigenvalue weighted by Gasteiger charge is 2.41. The van der Waals surface area contributed by atoms with Crippen LogP contribution in [0.1, 0.15) is 5.56 Å². The third kappa shape index (κ3) is 2.21. The number of carboxylic acids is 1. The van der Waals surface area contributed by atoms with Crippen LogP contribution in [0.15, 0.2) is 18.2 Å². The van der Waals surface area contributed by atoms with Crippen molar-refractivity contribution in [2.24, 2.45) is 0 Å². The van der Waals surface area contributed by atoms with Gasteiger partial charge in [0.15, 0.2) is 0 Å². The van der Waals surface area contributed by atoms with Gasteiger partial charge < -0.3 is 14.6 Å². The van der Waals surface area contributed by atoms with Crippen molar-refractivity contribution in [1.29, 1.82) is 0 Å². The van der Waals surface area contributed by atoms with Gasteiger partial charge in [-0.15, -0.1) is 0 Å². The van der Waals surface area contributed by atoms with Crippen LogP contribution in [0.4, 0.5) is 8.78 Å². The lowest BCUT2D eigenvalue weighted by Crippen LogP contribution is -2.25. The summed E-state index contributed by atoms with van der Waals surface area (Å²) in [7, 11) is 2.58. The Bertz CT molecular complexity index is 382. The van der Waals surface area contributed by atoms with Crippen molar-refractivity contribution in [3.05, 3.63) is 23.8 Å². The number of methoxy groups -OCH3 is 2. The molecule has 1 N–H and O–H groups in total. The molecule has 88 valence electrons. The van der Waals surface area contributed by atoms with Crippen molar-refractivity contribution in [3.63, 3.8) is 0 Å². The minimum absolute atomic E-state index is 0.107. The van der Waals surface area contributed by atoms with E-state index < -0.39 is 17.5 Å². The Balaban J connectivity index is 3.27. The van der Waals surface area contributed by atoms with E-state index in [1.54, 1.807) is 0 Å². The molecule has 0 aliphatic carbocycles. The van der Waals surface area contributed by atoms with Crippen molar-refractivity contribution >= 4 is 5.97 Å². The van der Waals surface area contributed by atoms with Gasteiger partial charge in [-0.25, -0.2) is 4.79 Å². The predicted octanol–water partition coefficient (Wildman–Crippen LogP) is 1.88. The maximum Gasteiger partial charge on any atom is 0.379 e. The summed E-state index contributed by atoms with van der Waals surface area (Å²) < 4.78 is 35.9. The van der Waals surface area contributed by atoms with Gasteiger partial charge in [-0.05, 0) is 12.1 Å². The number of ether oxygens (including phenoxy) is 2. The number of benzene rings is 1. The molecule has 0 fully saturated rings. The zero-order chi connectivity index (χ0) is 12.3. The lowest BCUT2D eigenvalue weighted by atomic mass is 10.1. The largest absolute Gasteiger partial charge is 0.497 e. The van der Waals surface area contributed by atoms with Gasteiger partial charge in [0.25, 0.3) is 0 Å². The van der Waals surface area contributed by atoms with Crippen LogP contribution >= 0.6 is 0 Å². The summed E-state index contributed by atoms with van der Waals surface area (Å²) in [5, 5.41) is 8.39. The average molecular weight is 232 g/mol. The summed E-state index contributed by atoms with van der Waals surface area (Å²) in [5.41, 5.74) is -0.684. The molecule has 0 aliphatic rings. The van der Waals surface area contributed by atoms with Gasteiger partial charge in [0, 0.05) is 11.6 Å². The Morgan fingerprint density at radius 2 is 1.62 bits per heavy atom. The molecule has 0 saturated heterocycles. The molecular formula is C10H10F2O4. The van der Waals surface area contributed by atoms with Crippen LogP contribution in [-0.2, 0) is 10.7 Å². The third-order valence-electron chi connectivity index (χ3n) is 1.98. The van der Waals surface area contributed by atoms with Crippen molar-refractivity contribution in [2.75, 3.05) is 14.2 Å². The molecule has 0 amide bonds. The van der Waals surface area contributed by atoms with E-state index in [1.807, 2.05) is 0 Å². The SMILES string of the molecule is COc1cc(OC)cc(C(F)(F)C(=O)O)c1. The number of carbonyl (C=O) groups is 1. The van der Waals surface area contributed by atoms with Crippen molar-refractivity contribution in [2.45, 2.75) is 5.92 Å². The molecule has 6 heteroatoms. The molecular weight excluding hydrogens is 222 g/mol. The monoisotopic (exact) mass is 232 g/mol. The number of rotatable bonds is 4. The van der Waals surface area contributed by atoms with E-state index in [0.29, 0.717) is 0 Å². The van der Waals surface area contributed by atoms with Crippen molar-refractivity contribution in [3.8, 4) is 11.5 Å². The zero-order valence-electron chi connectivity index (χ0n) is 8.66. The number of halogens is 2. The lowest BCUT2D eigenvalue weighted by Gasteiger charge is -2.14. The van der Waals surface area contributed by atoms with Gasteiger partial charge >= 0.3 is 11.9 Å². The van der Waals surface area contributed by atoms with Crippen LogP contribution < -0.4 is 9.47 Å². The van der Waals surface area contributed by atoms with Gasteiger partial charge in [-0.2, -0.15) is 8.78 Å². The average Bonchev–Trinajstić information content (AvgIpc) is 2.27. The molecule has 16 heavy (non-hydrogen) atoms. The van der Waals surface area contributed by atoms with E-state index in [1.165, 1.54) is 20.3 Å². The van der Waals surface area contributed by atoms with Crippen LogP contribution in [0, 0.1) is 0 Å². The number of hydrogen-bond donors (Lipinski definition) is 1. The Morgan fingerprint density at radius 3 is 1.94 bits per heavy atom. The Kier molecular flexibility index (Phi) is 3.31. The normalized spacial score (nSPS) is 11.0. The Labute approximate surface area is 90.4 Å². The highest BCUT2D eigenvalue weighted by atomic mass is 19.3. The fourth-order valence-electron chi connectivity index (χ4n) is 1.11. The number of carboxylic acid groups (broad SMARTS) is 1. The first kappa shape index (κ1) is 12.2. The highest BCUT2D eigenvalue weighted by molar-refractivity contribution is 5.77. The number of alkyl halides is 2. The smallest absolute Gasteiger partial charge is 0.379 e. The first-order chi connectivity index (χ1) is 7.41. The predicted molar refractivity (Wildman–Crippen MR) is 51.1 cm³/mol. The van der Waals surface area contributed by atoms with E-state index in [-0.39, 0.29) is 11.5 Å². The molecule has 4 nitrogen and oxygen atoms in total. The fourth-order valence-corrected chi connectivity index (χ4v) is 1.11. The summed E-state index contributed by atoms with van der Waals surface area (Å²) in [6.07, 6.45) is 0. The maximum atomic E-state index is 13.2. The van der Waals surface area contributed by atoms with Crippen LogP contribution in [0.2, 0.25) is 0 Å². The molecule has 0 bridgehead atoms. The Hall–Kier alpha value is -1.85. The maximum absolute atomic E-state index is 13.2. The molecule has 0 atom stereocenters. The first-order valence-corrected chi connectivity index (χ1v) is 4.26. The molecule has 0 saturated carbocycles. The van der Waals surface area contributed by atoms with E-state index >= 15 is 0 Å². The van der Waals surface area contributed by atoms with Crippen LogP contribution in [0.25, 0.3) is 0 Å². The van der Waals surface area contributed by atoms with Gasteiger partial charge in [0.1, 0.15) is 11.5 Å². The zero-order valence-corrected chi connectivity index (χ0v) is 8.66. The van der Waals surface area contributed by atoms with Gasteiger partial charge in [0.2, 0.25) is 0 Å². The van der Waals surface area contributed by atoms with E-state index in [9.17, 15) is 13.6 Å². The number of hydrogen-bond acceptors (Lipinski definition) is 3. The third-order valence-corrected chi connectivity index (χ3v) is 1.98. The topological polar surface area (TPSA) is 55.8 Å². The van der Waals surface area contributed by atoms with Gasteiger partial charge in [0.05, 0.1) is 14.2 Å². The molecule has 1 aromatic carbocycles. The standard InChI is InChI=1S/C10H10F2O4/c1-15-7-3-6(4-8(5-7)16-2)10(11,12)9(13)14/h3-5H,1-2H3,(H,13,14). The second kappa shape index (κ2) is 4.34. The van der Waals surface area contributed by atoms with Gasteiger partial charge in [-0.1, -0.05) is 0 Å². The van der Waals surface area contributed by atoms with Crippen LogP contribution in [-0.4, -0.2) is 25.3 Å². The molecule has 0 spiro atoms. The fraction of sp³-hybridized carbons (Fsp3) is 0.300. The molecule has 0 unspecified atom stereocenters.